The maximum absolute atomic E-state index is 10.3. The Hall–Kier alpha value is -1.58. The van der Waals surface area contributed by atoms with Crippen molar-refractivity contribution in [2.45, 2.75) is 91.8 Å². The van der Waals surface area contributed by atoms with E-state index < -0.39 is 0 Å². The van der Waals surface area contributed by atoms with Crippen LogP contribution in [0.5, 0.6) is 0 Å². The molecular formula is C33H44IrNO2-. The van der Waals surface area contributed by atoms with Crippen LogP contribution in [0.3, 0.4) is 0 Å². The Balaban J connectivity index is 0.000000211. The molecule has 2 aromatic carbocycles. The summed E-state index contributed by atoms with van der Waals surface area (Å²) in [7, 11) is 0. The number of fused-ring (bicyclic) bond motifs is 2. The maximum atomic E-state index is 10.3. The minimum absolute atomic E-state index is 0. The third kappa shape index (κ3) is 6.71. The van der Waals surface area contributed by atoms with Gasteiger partial charge in [0.2, 0.25) is 0 Å². The number of pyridine rings is 1. The van der Waals surface area contributed by atoms with Crippen LogP contribution in [0.4, 0.5) is 0 Å². The van der Waals surface area contributed by atoms with Crippen molar-refractivity contribution in [1.29, 1.82) is 0 Å². The van der Waals surface area contributed by atoms with E-state index in [1.165, 1.54) is 34.7 Å². The third-order valence-corrected chi connectivity index (χ3v) is 8.62. The van der Waals surface area contributed by atoms with Crippen molar-refractivity contribution in [2.75, 3.05) is 0 Å². The van der Waals surface area contributed by atoms with Crippen LogP contribution in [0.25, 0.3) is 22.0 Å². The van der Waals surface area contributed by atoms with E-state index in [1.807, 2.05) is 6.20 Å². The fourth-order valence-electron chi connectivity index (χ4n) is 6.51. The zero-order chi connectivity index (χ0) is 26.0. The van der Waals surface area contributed by atoms with Gasteiger partial charge in [-0.2, -0.15) is 0 Å². The van der Waals surface area contributed by atoms with Crippen LogP contribution in [0.2, 0.25) is 0 Å². The van der Waals surface area contributed by atoms with Crippen molar-refractivity contribution in [3.8, 4) is 11.3 Å². The summed E-state index contributed by atoms with van der Waals surface area (Å²) in [5, 5.41) is 22.9. The topological polar surface area (TPSA) is 53.4 Å². The molecule has 37 heavy (non-hydrogen) atoms. The second-order valence-corrected chi connectivity index (χ2v) is 11.7. The largest absolute Gasteiger partial charge is 0.392 e. The Morgan fingerprint density at radius 2 is 1.78 bits per heavy atom. The second kappa shape index (κ2) is 13.0. The van der Waals surface area contributed by atoms with Crippen molar-refractivity contribution >= 4 is 10.8 Å². The molecule has 0 spiro atoms. The Kier molecular flexibility index (Phi) is 10.5. The molecule has 0 bridgehead atoms. The number of aryl methyl sites for hydroxylation is 2. The van der Waals surface area contributed by atoms with Crippen molar-refractivity contribution in [1.82, 2.24) is 4.98 Å². The first-order chi connectivity index (χ1) is 17.2. The zero-order valence-electron chi connectivity index (χ0n) is 23.3. The number of aliphatic hydroxyl groups excluding tert-OH is 2. The molecule has 1 heterocycles. The van der Waals surface area contributed by atoms with Crippen LogP contribution in [-0.2, 0) is 20.1 Å². The van der Waals surface area contributed by atoms with E-state index in [4.69, 9.17) is 0 Å². The molecule has 5 rings (SSSR count). The molecule has 0 aliphatic heterocycles. The molecule has 0 saturated heterocycles. The molecular weight excluding hydrogens is 635 g/mol. The number of aromatic nitrogens is 1. The summed E-state index contributed by atoms with van der Waals surface area (Å²) in [5.41, 5.74) is 5.87. The smallest absolute Gasteiger partial charge is 0.0623 e. The van der Waals surface area contributed by atoms with Crippen LogP contribution >= 0.6 is 0 Å². The van der Waals surface area contributed by atoms with Gasteiger partial charge in [-0.1, -0.05) is 72.6 Å². The van der Waals surface area contributed by atoms with E-state index in [2.05, 4.69) is 89.0 Å². The normalized spacial score (nSPS) is 27.2. The van der Waals surface area contributed by atoms with Gasteiger partial charge in [-0.15, -0.1) is 34.9 Å². The Morgan fingerprint density at radius 3 is 2.46 bits per heavy atom. The average Bonchev–Trinajstić information content (AvgIpc) is 3.09. The first kappa shape index (κ1) is 30.0. The van der Waals surface area contributed by atoms with Crippen LogP contribution in [-0.4, -0.2) is 27.4 Å². The average molecular weight is 679 g/mol. The van der Waals surface area contributed by atoms with E-state index in [0.717, 1.165) is 36.1 Å². The van der Waals surface area contributed by atoms with Gasteiger partial charge < -0.3 is 15.2 Å². The summed E-state index contributed by atoms with van der Waals surface area (Å²) >= 11 is 0. The van der Waals surface area contributed by atoms with Gasteiger partial charge in [0, 0.05) is 32.2 Å². The SMILES string of the molecule is CC[C@H]1CC2CCC[C@H](C)C(O)C2C1O.Cc1[c-]c(-c2nccc3ccc(C(C)C)cc23)cc(C)c1.[Ir]. The van der Waals surface area contributed by atoms with Gasteiger partial charge in [-0.05, 0) is 71.0 Å². The van der Waals surface area contributed by atoms with Crippen molar-refractivity contribution in [3.63, 3.8) is 0 Å². The molecule has 2 fully saturated rings. The number of hydrogen-bond acceptors (Lipinski definition) is 3. The summed E-state index contributed by atoms with van der Waals surface area (Å²) < 4.78 is 0. The number of benzene rings is 2. The molecule has 4 unspecified atom stereocenters. The summed E-state index contributed by atoms with van der Waals surface area (Å²) in [6.45, 7) is 12.9. The Bertz CT molecular complexity index is 1160. The molecule has 3 aromatic rings. The minimum Gasteiger partial charge on any atom is -0.392 e. The van der Waals surface area contributed by atoms with Crippen LogP contribution in [0, 0.1) is 43.6 Å². The second-order valence-electron chi connectivity index (χ2n) is 11.7. The molecule has 1 aromatic heterocycles. The van der Waals surface area contributed by atoms with Gasteiger partial charge in [-0.3, -0.25) is 0 Å². The van der Waals surface area contributed by atoms with Gasteiger partial charge in [0.05, 0.1) is 12.2 Å². The molecule has 4 heteroatoms. The quantitative estimate of drug-likeness (QED) is 0.280. The van der Waals surface area contributed by atoms with Crippen LogP contribution in [0.15, 0.2) is 42.6 Å². The first-order valence-electron chi connectivity index (χ1n) is 13.9. The van der Waals surface area contributed by atoms with Crippen LogP contribution in [0.1, 0.15) is 82.4 Å². The van der Waals surface area contributed by atoms with Crippen LogP contribution < -0.4 is 0 Å². The van der Waals surface area contributed by atoms with Crippen molar-refractivity contribution in [2.24, 2.45) is 23.7 Å². The van der Waals surface area contributed by atoms with Gasteiger partial charge in [0.1, 0.15) is 0 Å². The molecule has 203 valence electrons. The van der Waals surface area contributed by atoms with Gasteiger partial charge in [0.15, 0.2) is 0 Å². The predicted molar refractivity (Wildman–Crippen MR) is 150 cm³/mol. The van der Waals surface area contributed by atoms with Gasteiger partial charge in [-0.25, -0.2) is 0 Å². The first-order valence-corrected chi connectivity index (χ1v) is 13.9. The number of aliphatic hydroxyl groups is 2. The Labute approximate surface area is 237 Å². The molecule has 2 aliphatic carbocycles. The predicted octanol–water partition coefficient (Wildman–Crippen LogP) is 7.63. The summed E-state index contributed by atoms with van der Waals surface area (Å²) in [6, 6.07) is 16.5. The monoisotopic (exact) mass is 679 g/mol. The molecule has 3 nitrogen and oxygen atoms in total. The van der Waals surface area contributed by atoms with Gasteiger partial charge in [0.25, 0.3) is 0 Å². The van der Waals surface area contributed by atoms with Crippen molar-refractivity contribution < 1.29 is 30.3 Å². The van der Waals surface area contributed by atoms with E-state index >= 15 is 0 Å². The number of rotatable bonds is 3. The molecule has 2 aliphatic rings. The molecule has 0 amide bonds. The number of hydrogen-bond donors (Lipinski definition) is 2. The van der Waals surface area contributed by atoms with E-state index in [1.54, 1.807) is 0 Å². The molecule has 1 radical (unpaired) electrons. The maximum Gasteiger partial charge on any atom is 0.0623 e. The number of nitrogens with zero attached hydrogens (tertiary/aromatic N) is 1. The zero-order valence-corrected chi connectivity index (χ0v) is 25.7. The van der Waals surface area contributed by atoms with E-state index in [9.17, 15) is 10.2 Å². The van der Waals surface area contributed by atoms with E-state index in [-0.39, 0.29) is 38.2 Å². The van der Waals surface area contributed by atoms with E-state index in [0.29, 0.717) is 23.7 Å². The van der Waals surface area contributed by atoms with Gasteiger partial charge >= 0.3 is 0 Å². The summed E-state index contributed by atoms with van der Waals surface area (Å²) in [4.78, 5) is 4.63. The fraction of sp³-hybridized carbons (Fsp3) is 0.545. The fourth-order valence-corrected chi connectivity index (χ4v) is 6.51. The minimum atomic E-state index is -0.274. The standard InChI is InChI=1S/C20H20N.C13H24O2.Ir/c1-13(2)17-6-5-16-7-8-21-20(19(16)12-17)18-10-14(3)9-15(4)11-18;1-3-9-7-10-6-4-5-8(2)12(14)11(10)13(9)15;/h5-10,12-13H,1-4H3;8-15H,3-7H2,1-2H3;/q-1;;/t;8-,9-,10?,11?,12?,13?;/m.0./s1. The Morgan fingerprint density at radius 1 is 1.03 bits per heavy atom. The summed E-state index contributed by atoms with van der Waals surface area (Å²) in [5.74, 6) is 2.05. The molecule has 6 atom stereocenters. The molecule has 2 saturated carbocycles. The third-order valence-electron chi connectivity index (χ3n) is 8.62. The van der Waals surface area contributed by atoms with Crippen molar-refractivity contribution in [3.05, 3.63) is 65.4 Å². The summed E-state index contributed by atoms with van der Waals surface area (Å²) in [6.07, 6.45) is 7.10. The molecule has 2 N–H and O–H groups in total.